The number of carboxylic acid groups (broad SMARTS) is 1. The molecule has 4 amide bonds. The number of carboxylic acids is 1. The van der Waals surface area contributed by atoms with Crippen molar-refractivity contribution in [2.75, 3.05) is 45.7 Å². The summed E-state index contributed by atoms with van der Waals surface area (Å²) >= 11 is 1.45. The molecule has 3 aromatic rings. The fraction of sp³-hybridized carbons (Fsp3) is 0.556. The molecule has 5 aliphatic rings. The molecule has 4 fully saturated rings. The van der Waals surface area contributed by atoms with Gasteiger partial charge in [-0.15, -0.1) is 11.3 Å². The number of carbonyl (C=O) groups excluding carboxylic acids is 3. The zero-order chi connectivity index (χ0) is 46.0. The number of ether oxygens (including phenoxy) is 2. The summed E-state index contributed by atoms with van der Waals surface area (Å²) in [7, 11) is -0.603. The minimum absolute atomic E-state index is 0.00206. The number of aliphatic carboxylic acids is 1. The molecular formula is C45H59N9O9S2. The van der Waals surface area contributed by atoms with Gasteiger partial charge in [0.25, 0.3) is 10.2 Å². The van der Waals surface area contributed by atoms with E-state index in [2.05, 4.69) is 21.3 Å². The topological polar surface area (TPSA) is 225 Å². The van der Waals surface area contributed by atoms with Gasteiger partial charge < -0.3 is 40.7 Å². The largest absolute Gasteiger partial charge is 0.497 e. The number of pyridine rings is 1. The zero-order valence-corrected chi connectivity index (χ0v) is 38.9. The van der Waals surface area contributed by atoms with Crippen LogP contribution in [0.4, 0.5) is 9.93 Å². The molecule has 1 unspecified atom stereocenters. The molecule has 3 aliphatic heterocycles. The lowest BCUT2D eigenvalue weighted by Gasteiger charge is -2.34. The molecular weight excluding hydrogens is 875 g/mol. The predicted octanol–water partition coefficient (Wildman–Crippen LogP) is 5.00. The molecule has 1 aromatic carbocycles. The first-order valence-electron chi connectivity index (χ1n) is 22.6. The highest BCUT2D eigenvalue weighted by Gasteiger charge is 2.61. The Morgan fingerprint density at radius 1 is 1.06 bits per heavy atom. The van der Waals surface area contributed by atoms with Crippen LogP contribution in [0.1, 0.15) is 84.5 Å². The molecule has 2 saturated heterocycles. The SMILES string of the molecule is COc1ccc2c(O[C@@H]3C[C@H]4C(=O)N[C@]5(C(=O)O)CC5C=CCCCCC[C@H](NC(=O)NC(CN5CCCN(C)S5(=O)=O)=C5CCC5)C(=O)N4C3)cc(-c3csc(NC(C)C)n3)nc2c1. The van der Waals surface area contributed by atoms with Gasteiger partial charge in [0.1, 0.15) is 40.9 Å². The van der Waals surface area contributed by atoms with Crippen molar-refractivity contribution in [1.29, 1.82) is 0 Å². The van der Waals surface area contributed by atoms with Crippen molar-refractivity contribution in [3.8, 4) is 22.9 Å². The average Bonchev–Trinajstić information content (AvgIpc) is 3.51. The van der Waals surface area contributed by atoms with Crippen LogP contribution in [0.15, 0.2) is 53.1 Å². The highest BCUT2D eigenvalue weighted by atomic mass is 32.2. The zero-order valence-electron chi connectivity index (χ0n) is 37.3. The van der Waals surface area contributed by atoms with Crippen LogP contribution < -0.4 is 30.7 Å². The Balaban J connectivity index is 1.09. The van der Waals surface area contributed by atoms with Crippen LogP contribution >= 0.6 is 11.3 Å². The number of benzene rings is 1. The van der Waals surface area contributed by atoms with E-state index in [0.717, 1.165) is 42.8 Å². The number of amides is 4. The number of thiazole rings is 1. The molecule has 65 heavy (non-hydrogen) atoms. The van der Waals surface area contributed by atoms with Gasteiger partial charge in [0, 0.05) is 67.1 Å². The van der Waals surface area contributed by atoms with Gasteiger partial charge in [-0.2, -0.15) is 17.0 Å². The number of allylic oxidation sites excluding steroid dienone is 2. The molecule has 5 heterocycles. The minimum Gasteiger partial charge on any atom is -0.497 e. The second-order valence-corrected chi connectivity index (χ2v) is 20.8. The van der Waals surface area contributed by atoms with Gasteiger partial charge in [-0.1, -0.05) is 25.0 Å². The molecule has 2 aromatic heterocycles. The molecule has 2 aliphatic carbocycles. The lowest BCUT2D eigenvalue weighted by atomic mass is 9.90. The summed E-state index contributed by atoms with van der Waals surface area (Å²) in [6, 6.07) is 4.54. The molecule has 5 atom stereocenters. The van der Waals surface area contributed by atoms with E-state index in [1.54, 1.807) is 25.3 Å². The second-order valence-electron chi connectivity index (χ2n) is 18.0. The maximum atomic E-state index is 15.0. The first-order chi connectivity index (χ1) is 31.1. The molecule has 18 nitrogen and oxygen atoms in total. The summed E-state index contributed by atoms with van der Waals surface area (Å²) in [6.45, 7) is 4.75. The van der Waals surface area contributed by atoms with E-state index >= 15 is 0 Å². The molecule has 0 bridgehead atoms. The first-order valence-corrected chi connectivity index (χ1v) is 24.8. The van der Waals surface area contributed by atoms with Crippen molar-refractivity contribution in [2.45, 2.75) is 114 Å². The Hall–Kier alpha value is -5.31. The van der Waals surface area contributed by atoms with Gasteiger partial charge in [-0.25, -0.2) is 19.6 Å². The summed E-state index contributed by atoms with van der Waals surface area (Å²) < 4.78 is 41.3. The van der Waals surface area contributed by atoms with Crippen LogP contribution in [0, 0.1) is 5.92 Å². The third kappa shape index (κ3) is 10.1. The number of carbonyl (C=O) groups is 4. The fourth-order valence-electron chi connectivity index (χ4n) is 9.02. The van der Waals surface area contributed by atoms with Crippen LogP contribution in [0.25, 0.3) is 22.3 Å². The summed E-state index contributed by atoms with van der Waals surface area (Å²) in [4.78, 5) is 67.2. The Morgan fingerprint density at radius 2 is 1.88 bits per heavy atom. The molecule has 0 radical (unpaired) electrons. The van der Waals surface area contributed by atoms with Crippen molar-refractivity contribution in [2.24, 2.45) is 5.92 Å². The third-order valence-corrected chi connectivity index (χ3v) is 15.7. The maximum absolute atomic E-state index is 15.0. The lowest BCUT2D eigenvalue weighted by molar-refractivity contribution is -0.145. The molecule has 5 N–H and O–H groups in total. The van der Waals surface area contributed by atoms with E-state index in [1.165, 1.54) is 31.9 Å². The van der Waals surface area contributed by atoms with Crippen LogP contribution in [0.2, 0.25) is 0 Å². The van der Waals surface area contributed by atoms with Crippen LogP contribution in [-0.2, 0) is 24.6 Å². The fourth-order valence-corrected chi connectivity index (χ4v) is 11.3. The average molecular weight is 934 g/mol. The minimum atomic E-state index is -3.71. The Labute approximate surface area is 383 Å². The smallest absolute Gasteiger partial charge is 0.330 e. The van der Waals surface area contributed by atoms with Gasteiger partial charge in [-0.05, 0) is 82.9 Å². The molecule has 20 heteroatoms. The standard InChI is InChI=1S/C45H59N9O9S2/c1-27(2)46-44-50-37(26-64-44)35-22-39(32-17-16-30(62-4)20-34(32)47-35)63-31-21-38-40(55)51-45(42(57)58)23-29(45)14-8-6-5-7-9-15-33(41(56)54(38)24-31)48-43(59)49-36(28-12-10-13-28)25-53-19-11-18-52(3)65(53,60)61/h8,14,16-17,20,22,26-27,29,31,33,38H,5-7,9-13,15,18-19,21,23-25H2,1-4H3,(H,46,50)(H,51,55)(H,57,58)(H2,48,49,59)/t29?,31-,33+,38+,45-/m1/s1. The highest BCUT2D eigenvalue weighted by molar-refractivity contribution is 7.86. The Morgan fingerprint density at radius 3 is 2.62 bits per heavy atom. The van der Waals surface area contributed by atoms with E-state index in [-0.39, 0.29) is 38.4 Å². The van der Waals surface area contributed by atoms with Gasteiger partial charge in [-0.3, -0.25) is 9.59 Å². The maximum Gasteiger partial charge on any atom is 0.330 e. The summed E-state index contributed by atoms with van der Waals surface area (Å²) in [5.41, 5.74) is 1.70. The normalized spacial score (nSPS) is 26.2. The number of methoxy groups -OCH3 is 1. The van der Waals surface area contributed by atoms with Crippen molar-refractivity contribution < 1.29 is 42.2 Å². The summed E-state index contributed by atoms with van der Waals surface area (Å²) in [5, 5.41) is 25.7. The van der Waals surface area contributed by atoms with Crippen molar-refractivity contribution in [1.82, 2.24) is 39.4 Å². The molecule has 2 saturated carbocycles. The molecule has 0 spiro atoms. The number of hydrogen-bond donors (Lipinski definition) is 5. The Bertz CT molecular complexity index is 2490. The van der Waals surface area contributed by atoms with Crippen LogP contribution in [-0.4, -0.2) is 131 Å². The monoisotopic (exact) mass is 933 g/mol. The number of rotatable bonds is 11. The van der Waals surface area contributed by atoms with E-state index in [1.807, 2.05) is 37.4 Å². The molecule has 8 rings (SSSR count). The van der Waals surface area contributed by atoms with Gasteiger partial charge in [0.05, 0.1) is 31.4 Å². The van der Waals surface area contributed by atoms with Gasteiger partial charge >= 0.3 is 12.0 Å². The van der Waals surface area contributed by atoms with Crippen LogP contribution in [0.5, 0.6) is 11.5 Å². The highest BCUT2D eigenvalue weighted by Crippen LogP contribution is 2.46. The van der Waals surface area contributed by atoms with E-state index < -0.39 is 63.7 Å². The number of nitrogens with one attached hydrogen (secondary N) is 4. The van der Waals surface area contributed by atoms with E-state index in [4.69, 9.17) is 19.4 Å². The third-order valence-electron chi connectivity index (χ3n) is 13.0. The Kier molecular flexibility index (Phi) is 13.7. The number of nitrogens with zero attached hydrogens (tertiary/aromatic N) is 5. The number of aromatic nitrogens is 2. The van der Waals surface area contributed by atoms with Crippen molar-refractivity contribution >= 4 is 61.4 Å². The van der Waals surface area contributed by atoms with Crippen molar-refractivity contribution in [3.63, 3.8) is 0 Å². The lowest BCUT2D eigenvalue weighted by Crippen LogP contribution is -2.57. The quantitative estimate of drug-likeness (QED) is 0.160. The van der Waals surface area contributed by atoms with E-state index in [0.29, 0.717) is 71.8 Å². The summed E-state index contributed by atoms with van der Waals surface area (Å²) in [5.74, 6) is -1.64. The van der Waals surface area contributed by atoms with Crippen molar-refractivity contribution in [3.05, 3.63) is 53.1 Å². The number of anilines is 1. The number of hydrogen-bond acceptors (Lipinski definition) is 12. The van der Waals surface area contributed by atoms with Gasteiger partial charge in [0.2, 0.25) is 11.8 Å². The number of fused-ring (bicyclic) bond motifs is 3. The van der Waals surface area contributed by atoms with Gasteiger partial charge in [0.15, 0.2) is 5.13 Å². The van der Waals surface area contributed by atoms with E-state index in [9.17, 15) is 32.7 Å². The first kappa shape index (κ1) is 46.2. The molecule has 350 valence electrons. The second kappa shape index (κ2) is 19.3. The number of urea groups is 1. The summed E-state index contributed by atoms with van der Waals surface area (Å²) in [6.07, 6.45) is 9.44. The van der Waals surface area contributed by atoms with Crippen LogP contribution in [0.3, 0.4) is 0 Å². The predicted molar refractivity (Wildman–Crippen MR) is 246 cm³/mol.